The zero-order valence-corrected chi connectivity index (χ0v) is 14.1. The van der Waals surface area contributed by atoms with Crippen LogP contribution in [0.3, 0.4) is 0 Å². The van der Waals surface area contributed by atoms with Crippen LogP contribution in [0.4, 0.5) is 5.69 Å². The summed E-state index contributed by atoms with van der Waals surface area (Å²) in [7, 11) is 1.38. The lowest BCUT2D eigenvalue weighted by molar-refractivity contribution is 0.0601. The van der Waals surface area contributed by atoms with Crippen LogP contribution in [0, 0.1) is 0 Å². The van der Waals surface area contributed by atoms with Crippen LogP contribution in [-0.2, 0) is 11.3 Å². The molecule has 1 aromatic heterocycles. The first-order valence-corrected chi connectivity index (χ1v) is 7.86. The van der Waals surface area contributed by atoms with Gasteiger partial charge >= 0.3 is 5.97 Å². The Morgan fingerprint density at radius 1 is 1.37 bits per heavy atom. The quantitative estimate of drug-likeness (QED) is 0.752. The molecule has 0 radical (unpaired) electrons. The fourth-order valence-corrected chi connectivity index (χ4v) is 3.66. The Bertz CT molecular complexity index is 579. The maximum absolute atomic E-state index is 11.4. The van der Waals surface area contributed by atoms with E-state index >= 15 is 0 Å². The summed E-state index contributed by atoms with van der Waals surface area (Å²) in [5.74, 6) is -0.328. The van der Waals surface area contributed by atoms with E-state index in [4.69, 9.17) is 4.74 Å². The number of carbonyl (C=O) groups excluding carboxylic acids is 1. The van der Waals surface area contributed by atoms with Gasteiger partial charge < -0.3 is 10.1 Å². The molecule has 100 valence electrons. The third-order valence-electron chi connectivity index (χ3n) is 2.45. The summed E-state index contributed by atoms with van der Waals surface area (Å²) >= 11 is 8.59. The molecule has 1 N–H and O–H groups in total. The van der Waals surface area contributed by atoms with Crippen LogP contribution in [-0.4, -0.2) is 13.1 Å². The first kappa shape index (κ1) is 14.6. The van der Waals surface area contributed by atoms with Crippen molar-refractivity contribution in [3.63, 3.8) is 0 Å². The molecule has 0 bridgehead atoms. The molecule has 2 rings (SSSR count). The summed E-state index contributed by atoms with van der Waals surface area (Å²) in [4.78, 5) is 12.6. The fraction of sp³-hybridized carbons (Fsp3) is 0.154. The highest BCUT2D eigenvalue weighted by Gasteiger charge is 2.07. The van der Waals surface area contributed by atoms with Gasteiger partial charge in [0.15, 0.2) is 0 Å². The molecule has 0 atom stereocenters. The molecule has 0 fully saturated rings. The van der Waals surface area contributed by atoms with Crippen molar-refractivity contribution in [2.75, 3.05) is 12.4 Å². The number of thiophene rings is 1. The lowest BCUT2D eigenvalue weighted by Gasteiger charge is -2.06. The molecule has 0 unspecified atom stereocenters. The number of esters is 1. The van der Waals surface area contributed by atoms with Crippen LogP contribution >= 0.6 is 43.2 Å². The first-order valence-electron chi connectivity index (χ1n) is 5.46. The minimum absolute atomic E-state index is 0.328. The summed E-state index contributed by atoms with van der Waals surface area (Å²) in [6, 6.07) is 9.32. The van der Waals surface area contributed by atoms with Crippen molar-refractivity contribution in [1.29, 1.82) is 0 Å². The van der Waals surface area contributed by atoms with Crippen molar-refractivity contribution in [2.45, 2.75) is 6.54 Å². The van der Waals surface area contributed by atoms with E-state index in [-0.39, 0.29) is 5.97 Å². The lowest BCUT2D eigenvalue weighted by Crippen LogP contribution is -2.03. The Hall–Kier alpha value is -0.850. The number of halogens is 2. The van der Waals surface area contributed by atoms with Crippen LogP contribution < -0.4 is 5.32 Å². The second-order valence-corrected chi connectivity index (χ2v) is 7.07. The van der Waals surface area contributed by atoms with E-state index in [1.807, 2.05) is 12.1 Å². The number of anilines is 1. The largest absolute Gasteiger partial charge is 0.465 e. The number of hydrogen-bond donors (Lipinski definition) is 1. The summed E-state index contributed by atoms with van der Waals surface area (Å²) in [6.45, 7) is 0.708. The topological polar surface area (TPSA) is 38.3 Å². The number of ether oxygens (including phenoxy) is 1. The second-order valence-electron chi connectivity index (χ2n) is 3.76. The highest BCUT2D eigenvalue weighted by Crippen LogP contribution is 2.32. The van der Waals surface area contributed by atoms with Crippen molar-refractivity contribution in [2.24, 2.45) is 0 Å². The number of methoxy groups -OCH3 is 1. The van der Waals surface area contributed by atoms with Crippen LogP contribution in [0.25, 0.3) is 0 Å². The molecule has 0 aliphatic carbocycles. The van der Waals surface area contributed by atoms with Gasteiger partial charge in [-0.05, 0) is 56.1 Å². The van der Waals surface area contributed by atoms with Gasteiger partial charge in [-0.2, -0.15) is 0 Å². The normalized spacial score (nSPS) is 10.3. The van der Waals surface area contributed by atoms with Crippen LogP contribution in [0.15, 0.2) is 38.6 Å². The van der Waals surface area contributed by atoms with Crippen molar-refractivity contribution >= 4 is 54.9 Å². The number of benzene rings is 1. The van der Waals surface area contributed by atoms with Gasteiger partial charge in [0.05, 0.1) is 16.5 Å². The average molecular weight is 405 g/mol. The Morgan fingerprint density at radius 2 is 2.16 bits per heavy atom. The predicted octanol–water partition coefficient (Wildman–Crippen LogP) is 4.67. The van der Waals surface area contributed by atoms with Crippen molar-refractivity contribution in [3.8, 4) is 0 Å². The molecule has 0 aliphatic heterocycles. The van der Waals surface area contributed by atoms with E-state index < -0.39 is 0 Å². The number of carbonyl (C=O) groups is 1. The summed E-state index contributed by atoms with van der Waals surface area (Å²) in [6.07, 6.45) is 0. The van der Waals surface area contributed by atoms with Gasteiger partial charge in [-0.1, -0.05) is 6.07 Å². The van der Waals surface area contributed by atoms with Gasteiger partial charge in [0.2, 0.25) is 0 Å². The highest BCUT2D eigenvalue weighted by atomic mass is 79.9. The lowest BCUT2D eigenvalue weighted by atomic mass is 10.2. The predicted molar refractivity (Wildman–Crippen MR) is 84.8 cm³/mol. The standard InChI is InChI=1S/C13H11Br2NO2S/c1-18-13(17)8-3-2-4-9(5-8)16-7-10-6-11(14)12(15)19-10/h2-6,16H,7H2,1H3. The Morgan fingerprint density at radius 3 is 2.79 bits per heavy atom. The van der Waals surface area contributed by atoms with Gasteiger partial charge in [0.25, 0.3) is 0 Å². The zero-order valence-electron chi connectivity index (χ0n) is 10.1. The smallest absolute Gasteiger partial charge is 0.337 e. The molecule has 0 amide bonds. The molecule has 1 aromatic carbocycles. The molecule has 2 aromatic rings. The molecule has 0 aliphatic rings. The van der Waals surface area contributed by atoms with E-state index in [2.05, 4.69) is 43.2 Å². The van der Waals surface area contributed by atoms with Gasteiger partial charge in [-0.25, -0.2) is 4.79 Å². The number of rotatable bonds is 4. The molecule has 0 spiro atoms. The fourth-order valence-electron chi connectivity index (χ4n) is 1.54. The van der Waals surface area contributed by atoms with E-state index in [9.17, 15) is 4.79 Å². The van der Waals surface area contributed by atoms with Crippen molar-refractivity contribution < 1.29 is 9.53 Å². The highest BCUT2D eigenvalue weighted by molar-refractivity contribution is 9.13. The molecule has 19 heavy (non-hydrogen) atoms. The summed E-state index contributed by atoms with van der Waals surface area (Å²) in [5.41, 5.74) is 1.43. The van der Waals surface area contributed by atoms with Crippen molar-refractivity contribution in [3.05, 3.63) is 49.0 Å². The zero-order chi connectivity index (χ0) is 13.8. The molecule has 6 heteroatoms. The third-order valence-corrected chi connectivity index (χ3v) is 5.70. The Kier molecular flexibility index (Phi) is 5.01. The average Bonchev–Trinajstić information content (AvgIpc) is 2.75. The van der Waals surface area contributed by atoms with Crippen molar-refractivity contribution in [1.82, 2.24) is 0 Å². The SMILES string of the molecule is COC(=O)c1cccc(NCc2cc(Br)c(Br)s2)c1. The van der Waals surface area contributed by atoms with E-state index in [0.29, 0.717) is 12.1 Å². The van der Waals surface area contributed by atoms with Gasteiger partial charge in [0.1, 0.15) is 0 Å². The molecule has 1 heterocycles. The Labute approximate surface area is 132 Å². The Balaban J connectivity index is 2.05. The van der Waals surface area contributed by atoms with Gasteiger partial charge in [0, 0.05) is 21.6 Å². The maximum atomic E-state index is 11.4. The number of hydrogen-bond acceptors (Lipinski definition) is 4. The van der Waals surface area contributed by atoms with Gasteiger partial charge in [-0.3, -0.25) is 0 Å². The van der Waals surface area contributed by atoms with Crippen LogP contribution in [0.2, 0.25) is 0 Å². The molecular formula is C13H11Br2NO2S. The summed E-state index contributed by atoms with van der Waals surface area (Å²) in [5, 5.41) is 3.28. The summed E-state index contributed by atoms with van der Waals surface area (Å²) < 4.78 is 6.83. The van der Waals surface area contributed by atoms with Gasteiger partial charge in [-0.15, -0.1) is 11.3 Å². The van der Waals surface area contributed by atoms with Crippen LogP contribution in [0.5, 0.6) is 0 Å². The van der Waals surface area contributed by atoms with E-state index in [1.54, 1.807) is 23.5 Å². The third kappa shape index (κ3) is 3.81. The first-order chi connectivity index (χ1) is 9.10. The monoisotopic (exact) mass is 403 g/mol. The maximum Gasteiger partial charge on any atom is 0.337 e. The molecule has 0 saturated carbocycles. The number of nitrogens with one attached hydrogen (secondary N) is 1. The second kappa shape index (κ2) is 6.54. The molecule has 3 nitrogen and oxygen atoms in total. The minimum Gasteiger partial charge on any atom is -0.465 e. The molecular weight excluding hydrogens is 394 g/mol. The van der Waals surface area contributed by atoms with Crippen LogP contribution in [0.1, 0.15) is 15.2 Å². The van der Waals surface area contributed by atoms with E-state index in [0.717, 1.165) is 13.9 Å². The van der Waals surface area contributed by atoms with E-state index in [1.165, 1.54) is 12.0 Å². The molecule has 0 saturated heterocycles. The minimum atomic E-state index is -0.328.